The molecule has 1 aromatic rings. The Morgan fingerprint density at radius 2 is 1.83 bits per heavy atom. The molecule has 1 saturated carbocycles. The maximum atomic E-state index is 13.9. The van der Waals surface area contributed by atoms with Gasteiger partial charge in [0.25, 0.3) is 0 Å². The lowest BCUT2D eigenvalue weighted by Crippen LogP contribution is -2.54. The van der Waals surface area contributed by atoms with E-state index in [1.807, 2.05) is 39.0 Å². The van der Waals surface area contributed by atoms with Gasteiger partial charge in [-0.2, -0.15) is 0 Å². The predicted molar refractivity (Wildman–Crippen MR) is 133 cm³/mol. The van der Waals surface area contributed by atoms with Gasteiger partial charge in [0.1, 0.15) is 17.7 Å². The Morgan fingerprint density at radius 1 is 1.17 bits per heavy atom. The number of nitrogens with one attached hydrogen (secondary N) is 2. The average molecular weight is 489 g/mol. The number of alkyl carbamates (subject to hydrolysis) is 1. The highest BCUT2D eigenvalue weighted by Gasteiger charge is 2.44. The molecule has 1 aromatic carbocycles. The first-order valence-corrected chi connectivity index (χ1v) is 12.3. The number of primary amides is 1. The first kappa shape index (κ1) is 28.1. The summed E-state index contributed by atoms with van der Waals surface area (Å²) in [6.45, 7) is 11.5. The van der Waals surface area contributed by atoms with Gasteiger partial charge in [0, 0.05) is 12.6 Å². The topological polar surface area (TPSA) is 131 Å². The number of unbranched alkanes of at least 4 members (excludes halogenated alkanes) is 1. The first-order valence-electron chi connectivity index (χ1n) is 12.3. The molecule has 0 saturated heterocycles. The molecule has 194 valence electrons. The molecule has 1 aliphatic rings. The van der Waals surface area contributed by atoms with E-state index < -0.39 is 42.0 Å². The molecule has 2 rings (SSSR count). The number of amides is 4. The predicted octanol–water partition coefficient (Wildman–Crippen LogP) is 3.02. The van der Waals surface area contributed by atoms with Crippen molar-refractivity contribution in [3.05, 3.63) is 34.9 Å². The molecular formula is C26H40N4O5. The molecule has 1 fully saturated rings. The van der Waals surface area contributed by atoms with Crippen LogP contribution in [-0.2, 0) is 19.1 Å². The van der Waals surface area contributed by atoms with Crippen molar-refractivity contribution in [2.75, 3.05) is 6.54 Å². The molecular weight excluding hydrogens is 448 g/mol. The summed E-state index contributed by atoms with van der Waals surface area (Å²) < 4.78 is 5.29. The van der Waals surface area contributed by atoms with Crippen LogP contribution in [0.1, 0.15) is 82.5 Å². The monoisotopic (exact) mass is 488 g/mol. The minimum atomic E-state index is -1.25. The summed E-state index contributed by atoms with van der Waals surface area (Å²) in [5.74, 6) is -1.57. The van der Waals surface area contributed by atoms with Gasteiger partial charge < -0.3 is 26.0 Å². The van der Waals surface area contributed by atoms with Crippen molar-refractivity contribution >= 4 is 23.8 Å². The third-order valence-electron chi connectivity index (χ3n) is 5.67. The smallest absolute Gasteiger partial charge is 0.408 e. The molecule has 0 aliphatic heterocycles. The lowest BCUT2D eigenvalue weighted by molar-refractivity contribution is -0.144. The summed E-state index contributed by atoms with van der Waals surface area (Å²) >= 11 is 0. The normalized spacial score (nSPS) is 15.0. The number of benzene rings is 1. The average Bonchev–Trinajstić information content (AvgIpc) is 3.55. The number of carbonyl (C=O) groups is 4. The van der Waals surface area contributed by atoms with Crippen molar-refractivity contribution in [2.45, 2.75) is 97.4 Å². The van der Waals surface area contributed by atoms with Crippen LogP contribution in [0.2, 0.25) is 0 Å². The van der Waals surface area contributed by atoms with E-state index in [1.165, 1.54) is 4.90 Å². The summed E-state index contributed by atoms with van der Waals surface area (Å²) in [6, 6.07) is 3.41. The lowest BCUT2D eigenvalue weighted by atomic mass is 9.96. The van der Waals surface area contributed by atoms with Crippen LogP contribution in [0.3, 0.4) is 0 Å². The molecule has 4 amide bonds. The molecule has 2 unspecified atom stereocenters. The number of carbonyl (C=O) groups excluding carboxylic acids is 4. The second-order valence-electron chi connectivity index (χ2n) is 10.3. The number of nitrogens with zero attached hydrogens (tertiary/aromatic N) is 1. The van der Waals surface area contributed by atoms with Crippen molar-refractivity contribution < 1.29 is 23.9 Å². The Morgan fingerprint density at radius 3 is 2.34 bits per heavy atom. The summed E-state index contributed by atoms with van der Waals surface area (Å²) in [5.41, 5.74) is 7.25. The maximum absolute atomic E-state index is 13.9. The summed E-state index contributed by atoms with van der Waals surface area (Å²) in [7, 11) is 0. The van der Waals surface area contributed by atoms with Crippen molar-refractivity contribution in [1.82, 2.24) is 15.5 Å². The maximum Gasteiger partial charge on any atom is 0.408 e. The lowest BCUT2D eigenvalue weighted by Gasteiger charge is -2.35. The van der Waals surface area contributed by atoms with Gasteiger partial charge in [-0.1, -0.05) is 37.1 Å². The minimum Gasteiger partial charge on any atom is -0.444 e. The molecule has 0 heterocycles. The van der Waals surface area contributed by atoms with Gasteiger partial charge in [-0.25, -0.2) is 4.79 Å². The molecule has 2 atom stereocenters. The number of hydrogen-bond acceptors (Lipinski definition) is 5. The fourth-order valence-corrected chi connectivity index (χ4v) is 3.94. The van der Waals surface area contributed by atoms with Crippen molar-refractivity contribution in [2.24, 2.45) is 5.73 Å². The zero-order valence-electron chi connectivity index (χ0n) is 21.8. The summed E-state index contributed by atoms with van der Waals surface area (Å²) in [6.07, 6.45) is 1.95. The molecule has 0 aromatic heterocycles. The van der Waals surface area contributed by atoms with Crippen molar-refractivity contribution in [1.29, 1.82) is 0 Å². The Hall–Kier alpha value is -3.10. The Bertz CT molecular complexity index is 936. The van der Waals surface area contributed by atoms with Crippen LogP contribution >= 0.6 is 0 Å². The van der Waals surface area contributed by atoms with E-state index in [0.717, 1.165) is 36.8 Å². The number of aryl methyl sites for hydroxylation is 2. The number of nitrogens with two attached hydrogens (primary N) is 1. The second kappa shape index (κ2) is 12.0. The van der Waals surface area contributed by atoms with Gasteiger partial charge in [0.15, 0.2) is 0 Å². The van der Waals surface area contributed by atoms with Gasteiger partial charge in [0.05, 0.1) is 6.42 Å². The van der Waals surface area contributed by atoms with E-state index in [4.69, 9.17) is 10.5 Å². The molecule has 35 heavy (non-hydrogen) atoms. The van der Waals surface area contributed by atoms with Crippen LogP contribution < -0.4 is 16.4 Å². The van der Waals surface area contributed by atoms with Crippen LogP contribution in [0, 0.1) is 13.8 Å². The third-order valence-corrected chi connectivity index (χ3v) is 5.67. The molecule has 9 heteroatoms. The van der Waals surface area contributed by atoms with E-state index in [2.05, 4.69) is 10.6 Å². The van der Waals surface area contributed by atoms with E-state index in [1.54, 1.807) is 20.8 Å². The summed E-state index contributed by atoms with van der Waals surface area (Å²) in [4.78, 5) is 53.1. The Balaban J connectivity index is 2.45. The van der Waals surface area contributed by atoms with Crippen molar-refractivity contribution in [3.8, 4) is 0 Å². The molecule has 9 nitrogen and oxygen atoms in total. The van der Waals surface area contributed by atoms with Crippen LogP contribution in [0.25, 0.3) is 0 Å². The SMILES string of the molecule is CCCCNC(=O)C(c1ccc(C)cc1C)N(C(=O)C(CC(N)=O)NC(=O)OC(C)(C)C)C1CC1. The van der Waals surface area contributed by atoms with E-state index in [9.17, 15) is 19.2 Å². The first-order chi connectivity index (χ1) is 16.3. The van der Waals surface area contributed by atoms with Crippen LogP contribution in [0.4, 0.5) is 4.79 Å². The number of ether oxygens (including phenoxy) is 1. The van der Waals surface area contributed by atoms with E-state index in [0.29, 0.717) is 12.1 Å². The van der Waals surface area contributed by atoms with Gasteiger partial charge in [-0.3, -0.25) is 14.4 Å². The molecule has 0 spiro atoms. The zero-order valence-corrected chi connectivity index (χ0v) is 21.8. The Kier molecular flexibility index (Phi) is 9.68. The zero-order chi connectivity index (χ0) is 26.3. The minimum absolute atomic E-state index is 0.180. The summed E-state index contributed by atoms with van der Waals surface area (Å²) in [5, 5.41) is 5.46. The molecule has 4 N–H and O–H groups in total. The number of rotatable bonds is 11. The fraction of sp³-hybridized carbons (Fsp3) is 0.615. The van der Waals surface area contributed by atoms with Crippen LogP contribution in [-0.4, -0.2) is 52.9 Å². The van der Waals surface area contributed by atoms with Gasteiger partial charge in [-0.15, -0.1) is 0 Å². The van der Waals surface area contributed by atoms with Crippen LogP contribution in [0.5, 0.6) is 0 Å². The van der Waals surface area contributed by atoms with E-state index >= 15 is 0 Å². The second-order valence-corrected chi connectivity index (χ2v) is 10.3. The van der Waals surface area contributed by atoms with Gasteiger partial charge in [-0.05, 0) is 65.0 Å². The standard InChI is InChI=1S/C26H40N4O5/c1-7-8-13-28-23(32)22(19-12-9-16(2)14-17(19)3)30(18-10-11-18)24(33)20(15-21(27)31)29-25(34)35-26(4,5)6/h9,12,14,18,20,22H,7-8,10-11,13,15H2,1-6H3,(H2,27,31)(H,28,32)(H,29,34). The number of hydrogen-bond donors (Lipinski definition) is 3. The van der Waals surface area contributed by atoms with Gasteiger partial charge in [0.2, 0.25) is 17.7 Å². The highest BCUT2D eigenvalue weighted by Crippen LogP contribution is 2.37. The third kappa shape index (κ3) is 8.56. The molecule has 0 bridgehead atoms. The Labute approximate surface area is 208 Å². The van der Waals surface area contributed by atoms with Crippen LogP contribution in [0.15, 0.2) is 18.2 Å². The largest absolute Gasteiger partial charge is 0.444 e. The molecule has 1 aliphatic carbocycles. The quantitative estimate of drug-likeness (QED) is 0.412. The van der Waals surface area contributed by atoms with Crippen molar-refractivity contribution in [3.63, 3.8) is 0 Å². The van der Waals surface area contributed by atoms with E-state index in [-0.39, 0.29) is 11.9 Å². The highest BCUT2D eigenvalue weighted by atomic mass is 16.6. The van der Waals surface area contributed by atoms with Gasteiger partial charge >= 0.3 is 6.09 Å². The fourth-order valence-electron chi connectivity index (χ4n) is 3.94. The highest BCUT2D eigenvalue weighted by molar-refractivity contribution is 5.95. The molecule has 0 radical (unpaired) electrons.